The third kappa shape index (κ3) is 8.70. The van der Waals surface area contributed by atoms with E-state index in [1.54, 1.807) is 28.4 Å². The van der Waals surface area contributed by atoms with E-state index in [0.717, 1.165) is 59.1 Å². The number of hydrogen-bond acceptors (Lipinski definition) is 10. The minimum absolute atomic E-state index is 0.222. The lowest BCUT2D eigenvalue weighted by atomic mass is 10.1. The van der Waals surface area contributed by atoms with E-state index >= 15 is 0 Å². The molecule has 2 saturated heterocycles. The normalized spacial score (nSPS) is 17.2. The second kappa shape index (κ2) is 17.6. The number of aromatic nitrogens is 8. The number of hydrogen-bond donors (Lipinski definition) is 6. The van der Waals surface area contributed by atoms with Crippen molar-refractivity contribution < 1.29 is 28.7 Å². The van der Waals surface area contributed by atoms with Crippen LogP contribution in [0.15, 0.2) is 73.7 Å². The van der Waals surface area contributed by atoms with Crippen molar-refractivity contribution in [1.29, 1.82) is 0 Å². The van der Waals surface area contributed by atoms with Gasteiger partial charge < -0.3 is 49.8 Å². The maximum Gasteiger partial charge on any atom is 0.407 e. The van der Waals surface area contributed by atoms with Crippen molar-refractivity contribution in [2.45, 2.75) is 62.7 Å². The molecule has 6 aromatic rings. The number of ether oxygens (including phenoxy) is 2. The number of alkyl carbamates (subject to hydrolysis) is 2. The zero-order valence-electron chi connectivity index (χ0n) is 33.0. The van der Waals surface area contributed by atoms with E-state index in [4.69, 9.17) is 14.5 Å². The molecule has 2 aliphatic heterocycles. The van der Waals surface area contributed by atoms with E-state index in [1.165, 1.54) is 26.9 Å². The van der Waals surface area contributed by atoms with Gasteiger partial charge in [-0.05, 0) is 61.6 Å². The molecule has 6 heterocycles. The number of nitrogens with zero attached hydrogens (tertiary/aromatic N) is 6. The minimum atomic E-state index is -0.840. The molecular formula is C42H44N12O6. The fraction of sp³-hybridized carbons (Fsp3) is 0.333. The highest BCUT2D eigenvalue weighted by Crippen LogP contribution is 2.34. The topological polar surface area (TPSA) is 232 Å². The van der Waals surface area contributed by atoms with Crippen LogP contribution < -0.4 is 10.6 Å². The van der Waals surface area contributed by atoms with Crippen molar-refractivity contribution in [2.24, 2.45) is 0 Å². The zero-order valence-corrected chi connectivity index (χ0v) is 33.0. The Bertz CT molecular complexity index is 2520. The lowest BCUT2D eigenvalue weighted by Crippen LogP contribution is -2.49. The van der Waals surface area contributed by atoms with Crippen LogP contribution in [0.4, 0.5) is 9.59 Å². The third-order valence-electron chi connectivity index (χ3n) is 10.9. The van der Waals surface area contributed by atoms with Gasteiger partial charge in [0.05, 0.1) is 61.9 Å². The lowest BCUT2D eigenvalue weighted by Gasteiger charge is -2.28. The second-order valence-electron chi connectivity index (χ2n) is 14.7. The zero-order chi connectivity index (χ0) is 41.6. The quantitative estimate of drug-likeness (QED) is 0.103. The first-order valence-corrected chi connectivity index (χ1v) is 19.7. The van der Waals surface area contributed by atoms with Crippen LogP contribution in [0.25, 0.3) is 22.3 Å². The molecule has 2 aromatic carbocycles. The molecule has 18 heteroatoms. The summed E-state index contributed by atoms with van der Waals surface area (Å²) in [4.78, 5) is 85.8. The van der Waals surface area contributed by atoms with Gasteiger partial charge in [-0.2, -0.15) is 0 Å². The molecule has 2 aliphatic rings. The maximum absolute atomic E-state index is 13.8. The molecule has 0 saturated carbocycles. The number of carbonyl (C=O) groups is 4. The number of fused-ring (bicyclic) bond motifs is 1. The smallest absolute Gasteiger partial charge is 0.407 e. The summed E-state index contributed by atoms with van der Waals surface area (Å²) >= 11 is 0. The number of amides is 4. The first-order valence-electron chi connectivity index (χ1n) is 19.7. The van der Waals surface area contributed by atoms with Crippen molar-refractivity contribution in [3.8, 4) is 23.1 Å². The van der Waals surface area contributed by atoms with Crippen LogP contribution in [-0.2, 0) is 31.9 Å². The number of rotatable bonds is 11. The highest BCUT2D eigenvalue weighted by molar-refractivity contribution is 5.87. The molecule has 0 bridgehead atoms. The van der Waals surface area contributed by atoms with Crippen LogP contribution in [0.2, 0.25) is 0 Å². The van der Waals surface area contributed by atoms with Gasteiger partial charge in [-0.25, -0.2) is 29.5 Å². The molecule has 60 heavy (non-hydrogen) atoms. The van der Waals surface area contributed by atoms with Crippen LogP contribution in [0.3, 0.4) is 0 Å². The molecule has 308 valence electrons. The number of methoxy groups -OCH3 is 2. The highest BCUT2D eigenvalue weighted by Gasteiger charge is 2.38. The first kappa shape index (κ1) is 39.4. The summed E-state index contributed by atoms with van der Waals surface area (Å²) in [6.07, 6.45) is 10.2. The summed E-state index contributed by atoms with van der Waals surface area (Å²) in [7, 11) is 2.53. The number of H-pyrrole nitrogens is 4. The molecule has 0 aliphatic carbocycles. The lowest BCUT2D eigenvalue weighted by molar-refractivity contribution is -0.135. The molecule has 6 N–H and O–H groups in total. The number of likely N-dealkylation sites (tertiary alicyclic amines) is 2. The van der Waals surface area contributed by atoms with Gasteiger partial charge in [-0.15, -0.1) is 0 Å². The van der Waals surface area contributed by atoms with E-state index in [0.29, 0.717) is 36.1 Å². The van der Waals surface area contributed by atoms with Crippen LogP contribution in [0, 0.1) is 11.8 Å². The van der Waals surface area contributed by atoms with Crippen molar-refractivity contribution in [3.05, 3.63) is 108 Å². The Labute approximate surface area is 344 Å². The number of imidazole rings is 4. The Hall–Kier alpha value is -7.42. The van der Waals surface area contributed by atoms with Crippen LogP contribution in [0.1, 0.15) is 71.9 Å². The summed E-state index contributed by atoms with van der Waals surface area (Å²) in [5.74, 6) is 7.40. The summed E-state index contributed by atoms with van der Waals surface area (Å²) in [5.41, 5.74) is 6.34. The van der Waals surface area contributed by atoms with E-state index in [2.05, 4.69) is 57.4 Å². The van der Waals surface area contributed by atoms with Gasteiger partial charge in [0.1, 0.15) is 23.7 Å². The standard InChI is InChI=1S/C42H44N12O6/c1-59-41(57)51-32(18-28-20-43-23-46-28)39(55)53-15-3-5-35(53)37-45-22-34(50-37)27-12-9-25(10-13-27)7-8-26-11-14-30-31(17-26)49-38(48-30)36-6-4-16-54(36)40(56)33(52-42(58)60-2)19-29-21-44-24-47-29/h9-14,17,20-24,32-33,35-36H,3-6,15-16,18-19H2,1-2H3,(H,43,46)(H,44,47)(H,45,50)(H,48,49)(H,51,57)(H,52,58). The van der Waals surface area contributed by atoms with E-state index in [-0.39, 0.29) is 36.7 Å². The van der Waals surface area contributed by atoms with Gasteiger partial charge in [-0.1, -0.05) is 24.0 Å². The predicted octanol–water partition coefficient (Wildman–Crippen LogP) is 4.06. The summed E-state index contributed by atoms with van der Waals surface area (Å²) < 4.78 is 9.59. The number of aromatic amines is 4. The first-order chi connectivity index (χ1) is 29.3. The summed E-state index contributed by atoms with van der Waals surface area (Å²) in [5, 5.41) is 5.36. The van der Waals surface area contributed by atoms with Gasteiger partial charge in [0.15, 0.2) is 0 Å². The Morgan fingerprint density at radius 3 is 1.88 bits per heavy atom. The fourth-order valence-electron chi connectivity index (χ4n) is 7.86. The van der Waals surface area contributed by atoms with E-state index in [1.807, 2.05) is 42.5 Å². The molecule has 4 unspecified atom stereocenters. The van der Waals surface area contributed by atoms with Gasteiger partial charge in [-0.3, -0.25) is 9.59 Å². The highest BCUT2D eigenvalue weighted by atomic mass is 16.5. The van der Waals surface area contributed by atoms with Gasteiger partial charge in [0.25, 0.3) is 0 Å². The monoisotopic (exact) mass is 812 g/mol. The predicted molar refractivity (Wildman–Crippen MR) is 217 cm³/mol. The molecule has 2 fully saturated rings. The molecule has 0 radical (unpaired) electrons. The molecule has 18 nitrogen and oxygen atoms in total. The van der Waals surface area contributed by atoms with E-state index in [9.17, 15) is 19.2 Å². The van der Waals surface area contributed by atoms with Gasteiger partial charge in [0.2, 0.25) is 11.8 Å². The van der Waals surface area contributed by atoms with Crippen molar-refractivity contribution >= 4 is 35.0 Å². The SMILES string of the molecule is COC(=O)NC(Cc1cnc[nH]1)C(=O)N1CCCC1c1ncc(-c2ccc(C#Cc3ccc4nc(C5CCCN5C(=O)C(Cc5cnc[nH]5)NC(=O)OC)[nH]c4c3)cc2)[nH]1. The van der Waals surface area contributed by atoms with Crippen LogP contribution in [0.5, 0.6) is 0 Å². The largest absolute Gasteiger partial charge is 0.453 e. The van der Waals surface area contributed by atoms with Gasteiger partial charge >= 0.3 is 12.2 Å². The number of benzene rings is 2. The average Bonchev–Trinajstić information content (AvgIpc) is 4.12. The molecular weight excluding hydrogens is 769 g/mol. The molecule has 4 aromatic heterocycles. The summed E-state index contributed by atoms with van der Waals surface area (Å²) in [6, 6.07) is 11.4. The van der Waals surface area contributed by atoms with Crippen LogP contribution >= 0.6 is 0 Å². The molecule has 0 spiro atoms. The van der Waals surface area contributed by atoms with Crippen LogP contribution in [-0.4, -0.2) is 113 Å². The van der Waals surface area contributed by atoms with Crippen molar-refractivity contribution in [2.75, 3.05) is 27.3 Å². The van der Waals surface area contributed by atoms with Gasteiger partial charge in [0, 0.05) is 60.8 Å². The Morgan fingerprint density at radius 2 is 1.32 bits per heavy atom. The third-order valence-corrected chi connectivity index (χ3v) is 10.9. The number of nitrogens with one attached hydrogen (secondary N) is 6. The molecule has 4 amide bonds. The Balaban J connectivity index is 0.925. The second-order valence-corrected chi connectivity index (χ2v) is 14.7. The van der Waals surface area contributed by atoms with E-state index < -0.39 is 24.3 Å². The Kier molecular flexibility index (Phi) is 11.6. The fourth-order valence-corrected chi connectivity index (χ4v) is 7.86. The average molecular weight is 813 g/mol. The molecule has 4 atom stereocenters. The summed E-state index contributed by atoms with van der Waals surface area (Å²) in [6.45, 7) is 1.07. The van der Waals surface area contributed by atoms with Crippen molar-refractivity contribution in [1.82, 2.24) is 60.3 Å². The van der Waals surface area contributed by atoms with Crippen molar-refractivity contribution in [3.63, 3.8) is 0 Å². The Morgan fingerprint density at radius 1 is 0.750 bits per heavy atom. The maximum atomic E-state index is 13.8. The number of carbonyl (C=O) groups excluding carboxylic acids is 4. The molecule has 8 rings (SSSR count). The minimum Gasteiger partial charge on any atom is -0.453 e.